The van der Waals surface area contributed by atoms with E-state index in [0.29, 0.717) is 17.9 Å². The van der Waals surface area contributed by atoms with E-state index in [2.05, 4.69) is 0 Å². The molecule has 0 radical (unpaired) electrons. The van der Waals surface area contributed by atoms with Gasteiger partial charge in [0.2, 0.25) is 0 Å². The molecule has 1 saturated heterocycles. The Morgan fingerprint density at radius 2 is 2.23 bits per heavy atom. The number of nitrogens with zero attached hydrogens (tertiary/aromatic N) is 2. The van der Waals surface area contributed by atoms with E-state index >= 15 is 0 Å². The molecule has 1 aromatic carbocycles. The van der Waals surface area contributed by atoms with Gasteiger partial charge in [0.05, 0.1) is 18.8 Å². The summed E-state index contributed by atoms with van der Waals surface area (Å²) < 4.78 is 5.03. The third-order valence-electron chi connectivity index (χ3n) is 4.19. The molecule has 1 fully saturated rings. The second-order valence-corrected chi connectivity index (χ2v) is 5.65. The number of cyclic esters (lactones) is 1. The fourth-order valence-electron chi connectivity index (χ4n) is 3.03. The number of carbonyl (C=O) groups excluding carboxylic acids is 1. The van der Waals surface area contributed by atoms with Crippen LogP contribution < -0.4 is 9.80 Å². The number of hydrogen-bond donors (Lipinski definition) is 2. The number of amides is 2. The predicted octanol–water partition coefficient (Wildman–Crippen LogP) is 1.82. The Balaban J connectivity index is 1.92. The van der Waals surface area contributed by atoms with Crippen molar-refractivity contribution in [3.05, 3.63) is 23.8 Å². The van der Waals surface area contributed by atoms with Gasteiger partial charge in [-0.1, -0.05) is 0 Å². The van der Waals surface area contributed by atoms with Gasteiger partial charge in [0, 0.05) is 11.7 Å². The van der Waals surface area contributed by atoms with E-state index in [1.807, 2.05) is 13.0 Å². The SMILES string of the molecule is C[C@@H]1CCc2cc(N3C[C@H](CO)OC3=O)ccc2N1C(=O)O. The van der Waals surface area contributed by atoms with Gasteiger partial charge in [0.15, 0.2) is 0 Å². The summed E-state index contributed by atoms with van der Waals surface area (Å²) >= 11 is 0. The maximum atomic E-state index is 11.8. The third-order valence-corrected chi connectivity index (χ3v) is 4.19. The van der Waals surface area contributed by atoms with E-state index in [1.54, 1.807) is 12.1 Å². The van der Waals surface area contributed by atoms with Crippen LogP contribution in [0.3, 0.4) is 0 Å². The molecule has 0 bridgehead atoms. The Morgan fingerprint density at radius 1 is 1.45 bits per heavy atom. The van der Waals surface area contributed by atoms with Crippen molar-refractivity contribution in [2.75, 3.05) is 23.0 Å². The van der Waals surface area contributed by atoms with Crippen LogP contribution in [0.1, 0.15) is 18.9 Å². The smallest absolute Gasteiger partial charge is 0.414 e. The number of carboxylic acid groups (broad SMARTS) is 1. The lowest BCUT2D eigenvalue weighted by molar-refractivity contribution is 0.0963. The lowest BCUT2D eigenvalue weighted by atomic mass is 9.96. The lowest BCUT2D eigenvalue weighted by Crippen LogP contribution is -2.41. The van der Waals surface area contributed by atoms with Crippen molar-refractivity contribution in [3.8, 4) is 0 Å². The van der Waals surface area contributed by atoms with E-state index in [4.69, 9.17) is 9.84 Å². The van der Waals surface area contributed by atoms with Crippen LogP contribution in [0.25, 0.3) is 0 Å². The van der Waals surface area contributed by atoms with Crippen LogP contribution in [-0.2, 0) is 11.2 Å². The number of anilines is 2. The quantitative estimate of drug-likeness (QED) is 0.870. The van der Waals surface area contributed by atoms with Crippen LogP contribution >= 0.6 is 0 Å². The molecule has 0 aliphatic carbocycles. The Bertz CT molecular complexity index is 618. The van der Waals surface area contributed by atoms with Crippen LogP contribution in [0.15, 0.2) is 18.2 Å². The summed E-state index contributed by atoms with van der Waals surface area (Å²) in [6, 6.07) is 5.21. The van der Waals surface area contributed by atoms with Gasteiger partial charge < -0.3 is 14.9 Å². The average molecular weight is 306 g/mol. The molecule has 2 heterocycles. The minimum atomic E-state index is -0.970. The van der Waals surface area contributed by atoms with E-state index < -0.39 is 18.3 Å². The number of aliphatic hydroxyl groups is 1. The number of carbonyl (C=O) groups is 2. The van der Waals surface area contributed by atoms with E-state index in [1.165, 1.54) is 9.80 Å². The van der Waals surface area contributed by atoms with E-state index in [9.17, 15) is 14.7 Å². The average Bonchev–Trinajstić information content (AvgIpc) is 2.87. The number of aryl methyl sites for hydroxylation is 1. The molecule has 2 atom stereocenters. The maximum Gasteiger partial charge on any atom is 0.414 e. The molecule has 2 aliphatic heterocycles. The summed E-state index contributed by atoms with van der Waals surface area (Å²) in [5.41, 5.74) is 2.24. The van der Waals surface area contributed by atoms with Gasteiger partial charge in [0.1, 0.15) is 6.10 Å². The van der Waals surface area contributed by atoms with E-state index in [-0.39, 0.29) is 12.6 Å². The summed E-state index contributed by atoms with van der Waals surface area (Å²) in [4.78, 5) is 26.1. The monoisotopic (exact) mass is 306 g/mol. The van der Waals surface area contributed by atoms with Crippen molar-refractivity contribution < 1.29 is 24.5 Å². The van der Waals surface area contributed by atoms with Crippen LogP contribution in [0.5, 0.6) is 0 Å². The molecule has 7 nitrogen and oxygen atoms in total. The first-order chi connectivity index (χ1) is 10.5. The summed E-state index contributed by atoms with van der Waals surface area (Å²) in [6.45, 7) is 1.97. The number of hydrogen-bond acceptors (Lipinski definition) is 4. The van der Waals surface area contributed by atoms with Crippen molar-refractivity contribution >= 4 is 23.6 Å². The highest BCUT2D eigenvalue weighted by molar-refractivity contribution is 5.92. The summed E-state index contributed by atoms with van der Waals surface area (Å²) in [6.07, 6.45) is -0.466. The highest BCUT2D eigenvalue weighted by atomic mass is 16.6. The highest BCUT2D eigenvalue weighted by Crippen LogP contribution is 2.34. The highest BCUT2D eigenvalue weighted by Gasteiger charge is 2.33. The van der Waals surface area contributed by atoms with Crippen molar-refractivity contribution in [2.24, 2.45) is 0 Å². The minimum absolute atomic E-state index is 0.0635. The molecular weight excluding hydrogens is 288 g/mol. The standard InChI is InChI=1S/C15H18N2O5/c1-9-2-3-10-6-11(4-5-13(10)17(9)14(19)20)16-7-12(8-18)22-15(16)21/h4-6,9,12,18H,2-3,7-8H2,1H3,(H,19,20)/t9-,12-/m1/s1. The minimum Gasteiger partial charge on any atom is -0.465 e. The second-order valence-electron chi connectivity index (χ2n) is 5.65. The maximum absolute atomic E-state index is 11.8. The van der Waals surface area contributed by atoms with Crippen LogP contribution in [0.4, 0.5) is 21.0 Å². The van der Waals surface area contributed by atoms with Crippen LogP contribution in [-0.4, -0.2) is 47.7 Å². The molecule has 0 aromatic heterocycles. The van der Waals surface area contributed by atoms with Gasteiger partial charge in [-0.15, -0.1) is 0 Å². The molecule has 3 rings (SSSR count). The molecule has 22 heavy (non-hydrogen) atoms. The van der Waals surface area contributed by atoms with Crippen LogP contribution in [0, 0.1) is 0 Å². The zero-order valence-electron chi connectivity index (χ0n) is 12.2. The van der Waals surface area contributed by atoms with Crippen molar-refractivity contribution in [1.82, 2.24) is 0 Å². The first-order valence-corrected chi connectivity index (χ1v) is 7.25. The molecular formula is C15H18N2O5. The van der Waals surface area contributed by atoms with Gasteiger partial charge >= 0.3 is 12.2 Å². The Hall–Kier alpha value is -2.28. The largest absolute Gasteiger partial charge is 0.465 e. The van der Waals surface area contributed by atoms with Gasteiger partial charge in [0.25, 0.3) is 0 Å². The Morgan fingerprint density at radius 3 is 2.86 bits per heavy atom. The molecule has 2 amide bonds. The van der Waals surface area contributed by atoms with Gasteiger partial charge in [-0.05, 0) is 43.5 Å². The molecule has 1 aromatic rings. The number of fused-ring (bicyclic) bond motifs is 1. The summed E-state index contributed by atoms with van der Waals surface area (Å²) in [5.74, 6) is 0. The first-order valence-electron chi connectivity index (χ1n) is 7.25. The number of ether oxygens (including phenoxy) is 1. The molecule has 2 aliphatic rings. The zero-order valence-corrected chi connectivity index (χ0v) is 12.2. The van der Waals surface area contributed by atoms with Crippen molar-refractivity contribution in [2.45, 2.75) is 31.9 Å². The fraction of sp³-hybridized carbons (Fsp3) is 0.467. The molecule has 0 spiro atoms. The summed E-state index contributed by atoms with van der Waals surface area (Å²) in [7, 11) is 0. The number of aliphatic hydroxyl groups excluding tert-OH is 1. The van der Waals surface area contributed by atoms with Gasteiger partial charge in [-0.2, -0.15) is 0 Å². The predicted molar refractivity (Wildman–Crippen MR) is 79.4 cm³/mol. The second kappa shape index (κ2) is 5.49. The normalized spacial score (nSPS) is 24.2. The van der Waals surface area contributed by atoms with Gasteiger partial charge in [-0.25, -0.2) is 9.59 Å². The number of benzene rings is 1. The first kappa shape index (κ1) is 14.6. The van der Waals surface area contributed by atoms with Crippen molar-refractivity contribution in [1.29, 1.82) is 0 Å². The molecule has 2 N–H and O–H groups in total. The molecule has 118 valence electrons. The van der Waals surface area contributed by atoms with Gasteiger partial charge in [-0.3, -0.25) is 9.80 Å². The Labute approximate surface area is 127 Å². The summed E-state index contributed by atoms with van der Waals surface area (Å²) in [5, 5.41) is 18.4. The molecule has 0 saturated carbocycles. The topological polar surface area (TPSA) is 90.3 Å². The van der Waals surface area contributed by atoms with Crippen molar-refractivity contribution in [3.63, 3.8) is 0 Å². The zero-order chi connectivity index (χ0) is 15.9. The Kier molecular flexibility index (Phi) is 3.66. The van der Waals surface area contributed by atoms with Crippen LogP contribution in [0.2, 0.25) is 0 Å². The number of rotatable bonds is 2. The third kappa shape index (κ3) is 2.37. The lowest BCUT2D eigenvalue weighted by Gasteiger charge is -2.33. The molecule has 7 heteroatoms. The molecule has 0 unspecified atom stereocenters. The van der Waals surface area contributed by atoms with E-state index in [0.717, 1.165) is 18.4 Å². The fourth-order valence-corrected chi connectivity index (χ4v) is 3.03.